The Labute approximate surface area is 125 Å². The van der Waals surface area contributed by atoms with E-state index in [1.165, 1.54) is 0 Å². The largest absolute Gasteiger partial charge is 0.224 e. The molecule has 0 bridgehead atoms. The Morgan fingerprint density at radius 2 is 1.68 bits per heavy atom. The maximum atomic E-state index is 12.6. The van der Waals surface area contributed by atoms with Crippen LogP contribution in [0, 0.1) is 19.3 Å². The molecule has 0 unspecified atom stereocenters. The highest BCUT2D eigenvalue weighted by Crippen LogP contribution is 2.33. The van der Waals surface area contributed by atoms with Gasteiger partial charge in [-0.15, -0.1) is 0 Å². The Balaban J connectivity index is 3.14. The third-order valence-corrected chi connectivity index (χ3v) is 7.27. The Bertz CT molecular complexity index is 523. The van der Waals surface area contributed by atoms with Gasteiger partial charge in [-0.25, -0.2) is 8.42 Å². The number of sulfone groups is 1. The second-order valence-electron chi connectivity index (χ2n) is 5.35. The lowest BCUT2D eigenvalue weighted by Crippen LogP contribution is -2.30. The minimum Gasteiger partial charge on any atom is -0.224 e. The van der Waals surface area contributed by atoms with E-state index < -0.39 is 9.84 Å². The van der Waals surface area contributed by atoms with Crippen molar-refractivity contribution in [1.82, 2.24) is 0 Å². The minimum atomic E-state index is -3.22. The first-order valence-corrected chi connectivity index (χ1v) is 9.43. The van der Waals surface area contributed by atoms with E-state index in [0.29, 0.717) is 4.90 Å². The maximum Gasteiger partial charge on any atom is 0.178 e. The minimum absolute atomic E-state index is 0.169. The van der Waals surface area contributed by atoms with Crippen molar-refractivity contribution in [3.8, 4) is 0 Å². The molecule has 1 aromatic carbocycles. The fourth-order valence-corrected chi connectivity index (χ4v) is 5.44. The highest BCUT2D eigenvalue weighted by molar-refractivity contribution is 9.09. The maximum absolute atomic E-state index is 12.6. The normalized spacial score (nSPS) is 12.7. The predicted octanol–water partition coefficient (Wildman–Crippen LogP) is 4.28. The fraction of sp³-hybridized carbons (Fsp3) is 0.600. The number of benzene rings is 1. The van der Waals surface area contributed by atoms with Crippen LogP contribution in [0.15, 0.2) is 23.1 Å². The first-order chi connectivity index (χ1) is 8.80. The molecule has 0 saturated heterocycles. The van der Waals surface area contributed by atoms with Crippen molar-refractivity contribution in [3.05, 3.63) is 29.3 Å². The number of rotatable bonds is 6. The van der Waals surface area contributed by atoms with Gasteiger partial charge in [-0.3, -0.25) is 0 Å². The van der Waals surface area contributed by atoms with E-state index in [9.17, 15) is 8.42 Å². The highest BCUT2D eigenvalue weighted by Gasteiger charge is 2.32. The molecule has 1 aromatic rings. The zero-order chi connectivity index (χ0) is 14.7. The molecule has 0 saturated carbocycles. The molecule has 0 aliphatic carbocycles. The Kier molecular flexibility index (Phi) is 5.63. The van der Waals surface area contributed by atoms with E-state index in [-0.39, 0.29) is 11.2 Å². The van der Waals surface area contributed by atoms with Gasteiger partial charge in [0.25, 0.3) is 0 Å². The Hall–Kier alpha value is -0.350. The summed E-state index contributed by atoms with van der Waals surface area (Å²) in [6, 6.07) is 5.40. The molecule has 0 heterocycles. The number of alkyl halides is 1. The standard InChI is InChI=1S/C15H23BrO2S/c1-5-15(6-2,10-16)11-19(17,18)14-8-7-12(3)13(4)9-14/h7-9H,5-6,10-11H2,1-4H3. The number of halogens is 1. The van der Waals surface area contributed by atoms with Crippen molar-refractivity contribution in [3.63, 3.8) is 0 Å². The SMILES string of the molecule is CCC(CC)(CBr)CS(=O)(=O)c1ccc(C)c(C)c1. The lowest BCUT2D eigenvalue weighted by atomic mass is 9.87. The van der Waals surface area contributed by atoms with Gasteiger partial charge in [0.1, 0.15) is 0 Å². The molecule has 0 amide bonds. The topological polar surface area (TPSA) is 34.1 Å². The first kappa shape index (κ1) is 16.7. The monoisotopic (exact) mass is 346 g/mol. The van der Waals surface area contributed by atoms with Gasteiger partial charge in [0.15, 0.2) is 9.84 Å². The average Bonchev–Trinajstić information content (AvgIpc) is 2.39. The summed E-state index contributed by atoms with van der Waals surface area (Å²) in [5.74, 6) is 0.209. The van der Waals surface area contributed by atoms with Gasteiger partial charge in [-0.2, -0.15) is 0 Å². The molecule has 0 aliphatic rings. The third kappa shape index (κ3) is 3.82. The van der Waals surface area contributed by atoms with Crippen LogP contribution in [0.2, 0.25) is 0 Å². The number of hydrogen-bond donors (Lipinski definition) is 0. The van der Waals surface area contributed by atoms with Crippen molar-refractivity contribution in [2.24, 2.45) is 5.41 Å². The molecule has 19 heavy (non-hydrogen) atoms. The molecule has 1 rings (SSSR count). The summed E-state index contributed by atoms with van der Waals surface area (Å²) in [4.78, 5) is 0.447. The van der Waals surface area contributed by atoms with Crippen LogP contribution in [0.1, 0.15) is 37.8 Å². The average molecular weight is 347 g/mol. The van der Waals surface area contributed by atoms with Crippen molar-refractivity contribution >= 4 is 25.8 Å². The lowest BCUT2D eigenvalue weighted by molar-refractivity contribution is 0.351. The molecule has 0 aromatic heterocycles. The van der Waals surface area contributed by atoms with Gasteiger partial charge in [0.2, 0.25) is 0 Å². The summed E-state index contributed by atoms with van der Waals surface area (Å²) in [6.07, 6.45) is 1.72. The van der Waals surface area contributed by atoms with Crippen LogP contribution in [-0.4, -0.2) is 19.5 Å². The second-order valence-corrected chi connectivity index (χ2v) is 7.90. The van der Waals surface area contributed by atoms with Crippen LogP contribution in [0.25, 0.3) is 0 Å². The van der Waals surface area contributed by atoms with E-state index in [4.69, 9.17) is 0 Å². The van der Waals surface area contributed by atoms with Gasteiger partial charge in [0, 0.05) is 5.33 Å². The van der Waals surface area contributed by atoms with Gasteiger partial charge in [-0.05, 0) is 55.4 Å². The van der Waals surface area contributed by atoms with Crippen LogP contribution >= 0.6 is 15.9 Å². The number of aryl methyl sites for hydroxylation is 2. The molecule has 0 aliphatic heterocycles. The summed E-state index contributed by atoms with van der Waals surface area (Å²) in [7, 11) is -3.22. The summed E-state index contributed by atoms with van der Waals surface area (Å²) in [5, 5.41) is 0.719. The molecule has 0 atom stereocenters. The van der Waals surface area contributed by atoms with Crippen LogP contribution in [0.5, 0.6) is 0 Å². The molecular weight excluding hydrogens is 324 g/mol. The molecule has 0 N–H and O–H groups in total. The van der Waals surface area contributed by atoms with Crippen molar-refractivity contribution < 1.29 is 8.42 Å². The van der Waals surface area contributed by atoms with E-state index in [0.717, 1.165) is 29.3 Å². The fourth-order valence-electron chi connectivity index (χ4n) is 2.08. The van der Waals surface area contributed by atoms with Gasteiger partial charge in [0.05, 0.1) is 10.6 Å². The summed E-state index contributed by atoms with van der Waals surface area (Å²) >= 11 is 3.48. The highest BCUT2D eigenvalue weighted by atomic mass is 79.9. The summed E-state index contributed by atoms with van der Waals surface area (Å²) in [5.41, 5.74) is 1.98. The zero-order valence-electron chi connectivity index (χ0n) is 12.2. The Morgan fingerprint density at radius 1 is 1.11 bits per heavy atom. The predicted molar refractivity (Wildman–Crippen MR) is 84.8 cm³/mol. The molecule has 4 heteroatoms. The summed E-state index contributed by atoms with van der Waals surface area (Å²) in [6.45, 7) is 8.06. The van der Waals surface area contributed by atoms with E-state index in [1.807, 2.05) is 19.9 Å². The van der Waals surface area contributed by atoms with Gasteiger partial charge >= 0.3 is 0 Å². The smallest absolute Gasteiger partial charge is 0.178 e. The van der Waals surface area contributed by atoms with Crippen molar-refractivity contribution in [2.75, 3.05) is 11.1 Å². The molecule has 0 fully saturated rings. The van der Waals surface area contributed by atoms with Crippen LogP contribution in [-0.2, 0) is 9.84 Å². The van der Waals surface area contributed by atoms with Crippen LogP contribution in [0.4, 0.5) is 0 Å². The van der Waals surface area contributed by atoms with Gasteiger partial charge < -0.3 is 0 Å². The van der Waals surface area contributed by atoms with Crippen molar-refractivity contribution in [2.45, 2.75) is 45.4 Å². The number of hydrogen-bond acceptors (Lipinski definition) is 2. The Morgan fingerprint density at radius 3 is 2.11 bits per heavy atom. The van der Waals surface area contributed by atoms with Crippen LogP contribution < -0.4 is 0 Å². The zero-order valence-corrected chi connectivity index (χ0v) is 14.6. The molecule has 2 nitrogen and oxygen atoms in total. The molecule has 0 radical (unpaired) electrons. The van der Waals surface area contributed by atoms with E-state index >= 15 is 0 Å². The van der Waals surface area contributed by atoms with Gasteiger partial charge in [-0.1, -0.05) is 35.8 Å². The molecule has 108 valence electrons. The summed E-state index contributed by atoms with van der Waals surface area (Å²) < 4.78 is 25.1. The lowest BCUT2D eigenvalue weighted by Gasteiger charge is -2.29. The molecule has 0 spiro atoms. The quantitative estimate of drug-likeness (QED) is 0.720. The first-order valence-electron chi connectivity index (χ1n) is 6.66. The van der Waals surface area contributed by atoms with E-state index in [2.05, 4.69) is 29.8 Å². The molecular formula is C15H23BrO2S. The van der Waals surface area contributed by atoms with E-state index in [1.54, 1.807) is 12.1 Å². The second kappa shape index (κ2) is 6.40. The van der Waals surface area contributed by atoms with Crippen molar-refractivity contribution in [1.29, 1.82) is 0 Å². The third-order valence-electron chi connectivity index (χ3n) is 4.12. The van der Waals surface area contributed by atoms with Crippen LogP contribution in [0.3, 0.4) is 0 Å².